The number of hydrogen-bond donors (Lipinski definition) is 2. The first kappa shape index (κ1) is 20.9. The summed E-state index contributed by atoms with van der Waals surface area (Å²) in [5.74, 6) is -0.142. The van der Waals surface area contributed by atoms with E-state index in [-0.39, 0.29) is 11.6 Å². The molecule has 2 amide bonds. The minimum absolute atomic E-state index is 0.235. The highest BCUT2D eigenvalue weighted by Crippen LogP contribution is 2.28. The number of halogens is 2. The number of amides is 2. The Morgan fingerprint density at radius 3 is 2.33 bits per heavy atom. The quantitative estimate of drug-likeness (QED) is 0.713. The Morgan fingerprint density at radius 2 is 1.70 bits per heavy atom. The van der Waals surface area contributed by atoms with E-state index in [0.29, 0.717) is 16.5 Å². The van der Waals surface area contributed by atoms with E-state index in [4.69, 9.17) is 32.7 Å². The fourth-order valence-electron chi connectivity index (χ4n) is 2.25. The summed E-state index contributed by atoms with van der Waals surface area (Å²) in [6.45, 7) is 5.17. The maximum atomic E-state index is 12.0. The van der Waals surface area contributed by atoms with Crippen molar-refractivity contribution in [1.29, 1.82) is 0 Å². The van der Waals surface area contributed by atoms with Crippen LogP contribution in [-0.4, -0.2) is 24.5 Å². The van der Waals surface area contributed by atoms with Crippen LogP contribution in [0.4, 0.5) is 0 Å². The van der Waals surface area contributed by atoms with Gasteiger partial charge < -0.3 is 9.47 Å². The summed E-state index contributed by atoms with van der Waals surface area (Å²) in [6, 6.07) is 10.3. The monoisotopic (exact) mass is 410 g/mol. The molecule has 144 valence electrons. The second-order valence-corrected chi connectivity index (χ2v) is 6.83. The highest BCUT2D eigenvalue weighted by molar-refractivity contribution is 6.35. The Bertz CT molecular complexity index is 822. The molecule has 0 spiro atoms. The topological polar surface area (TPSA) is 76.7 Å². The lowest BCUT2D eigenvalue weighted by Gasteiger charge is -2.16. The molecule has 27 heavy (non-hydrogen) atoms. The number of hydrazine groups is 1. The lowest BCUT2D eigenvalue weighted by atomic mass is 10.1. The molecule has 8 heteroatoms. The number of carbonyl (C=O) groups excluding carboxylic acids is 2. The van der Waals surface area contributed by atoms with Gasteiger partial charge in [0, 0.05) is 5.02 Å². The molecule has 0 aromatic heterocycles. The number of rotatable bonds is 6. The molecule has 0 bridgehead atoms. The predicted octanol–water partition coefficient (Wildman–Crippen LogP) is 3.60. The molecule has 1 unspecified atom stereocenters. The molecule has 0 aliphatic rings. The molecule has 0 saturated carbocycles. The van der Waals surface area contributed by atoms with Gasteiger partial charge in [0.25, 0.3) is 11.8 Å². The second kappa shape index (κ2) is 9.48. The van der Waals surface area contributed by atoms with Crippen molar-refractivity contribution in [3.8, 4) is 11.5 Å². The fraction of sp³-hybridized carbons (Fsp3) is 0.263. The van der Waals surface area contributed by atoms with Gasteiger partial charge in [-0.2, -0.15) is 0 Å². The minimum atomic E-state index is -0.885. The summed E-state index contributed by atoms with van der Waals surface area (Å²) < 4.78 is 10.9. The third-order valence-electron chi connectivity index (χ3n) is 3.46. The van der Waals surface area contributed by atoms with E-state index in [1.54, 1.807) is 12.1 Å². The first-order valence-corrected chi connectivity index (χ1v) is 8.91. The number of carbonyl (C=O) groups is 2. The molecule has 2 N–H and O–H groups in total. The van der Waals surface area contributed by atoms with Gasteiger partial charge in [-0.1, -0.05) is 29.3 Å². The molecule has 0 aliphatic carbocycles. The van der Waals surface area contributed by atoms with Crippen molar-refractivity contribution >= 4 is 35.0 Å². The van der Waals surface area contributed by atoms with Gasteiger partial charge in [-0.3, -0.25) is 20.4 Å². The molecule has 0 aliphatic heterocycles. The minimum Gasteiger partial charge on any atom is -0.484 e. The summed E-state index contributed by atoms with van der Waals surface area (Å²) in [6.07, 6.45) is -0.885. The fourth-order valence-corrected chi connectivity index (χ4v) is 2.70. The second-order valence-electron chi connectivity index (χ2n) is 5.98. The van der Waals surface area contributed by atoms with E-state index in [2.05, 4.69) is 10.9 Å². The average molecular weight is 411 g/mol. The Labute approximate surface area is 167 Å². The molecule has 2 rings (SSSR count). The van der Waals surface area contributed by atoms with Crippen molar-refractivity contribution in [2.24, 2.45) is 0 Å². The predicted molar refractivity (Wildman–Crippen MR) is 104 cm³/mol. The van der Waals surface area contributed by atoms with Crippen LogP contribution in [0.2, 0.25) is 10.0 Å². The molecule has 0 radical (unpaired) electrons. The van der Waals surface area contributed by atoms with Crippen LogP contribution in [0.25, 0.3) is 0 Å². The normalized spacial score (nSPS) is 11.4. The number of nitrogens with one attached hydrogen (secondary N) is 2. The molecule has 6 nitrogen and oxygen atoms in total. The highest BCUT2D eigenvalue weighted by atomic mass is 35.5. The lowest BCUT2D eigenvalue weighted by molar-refractivity contribution is -0.133. The maximum absolute atomic E-state index is 12.0. The zero-order chi connectivity index (χ0) is 20.0. The van der Waals surface area contributed by atoms with Crippen LogP contribution in [0, 0.1) is 13.8 Å². The Morgan fingerprint density at radius 1 is 1.04 bits per heavy atom. The SMILES string of the molecule is Cc1cc(C)cc(OCC(=O)NNC(=O)C(C)Oc2ccc(Cl)cc2Cl)c1. The van der Waals surface area contributed by atoms with Crippen molar-refractivity contribution in [3.63, 3.8) is 0 Å². The summed E-state index contributed by atoms with van der Waals surface area (Å²) in [5, 5.41) is 0.744. The van der Waals surface area contributed by atoms with Crippen LogP contribution in [0.15, 0.2) is 36.4 Å². The van der Waals surface area contributed by atoms with Gasteiger partial charge in [-0.25, -0.2) is 0 Å². The molecule has 1 atom stereocenters. The van der Waals surface area contributed by atoms with E-state index < -0.39 is 17.9 Å². The molecule has 2 aromatic carbocycles. The number of benzene rings is 2. The van der Waals surface area contributed by atoms with Crippen LogP contribution < -0.4 is 20.3 Å². The molecule has 0 heterocycles. The highest BCUT2D eigenvalue weighted by Gasteiger charge is 2.17. The van der Waals surface area contributed by atoms with Gasteiger partial charge in [-0.15, -0.1) is 0 Å². The van der Waals surface area contributed by atoms with Gasteiger partial charge in [0.2, 0.25) is 0 Å². The Balaban J connectivity index is 1.79. The summed E-state index contributed by atoms with van der Waals surface area (Å²) >= 11 is 11.8. The van der Waals surface area contributed by atoms with Crippen molar-refractivity contribution in [1.82, 2.24) is 10.9 Å². The third kappa shape index (κ3) is 6.66. The van der Waals surface area contributed by atoms with E-state index >= 15 is 0 Å². The number of aryl methyl sites for hydroxylation is 2. The van der Waals surface area contributed by atoms with Gasteiger partial charge in [-0.05, 0) is 62.2 Å². The summed E-state index contributed by atoms with van der Waals surface area (Å²) in [5.41, 5.74) is 6.62. The van der Waals surface area contributed by atoms with Crippen LogP contribution in [-0.2, 0) is 9.59 Å². The van der Waals surface area contributed by atoms with Crippen LogP contribution in [0.3, 0.4) is 0 Å². The maximum Gasteiger partial charge on any atom is 0.279 e. The zero-order valence-electron chi connectivity index (χ0n) is 15.1. The van der Waals surface area contributed by atoms with Gasteiger partial charge in [0.1, 0.15) is 11.5 Å². The first-order valence-electron chi connectivity index (χ1n) is 8.16. The summed E-state index contributed by atoms with van der Waals surface area (Å²) in [4.78, 5) is 23.9. The largest absolute Gasteiger partial charge is 0.484 e. The van der Waals surface area contributed by atoms with Crippen LogP contribution in [0.5, 0.6) is 11.5 Å². The number of ether oxygens (including phenoxy) is 2. The smallest absolute Gasteiger partial charge is 0.279 e. The van der Waals surface area contributed by atoms with Crippen LogP contribution in [0.1, 0.15) is 18.1 Å². The van der Waals surface area contributed by atoms with E-state index in [1.165, 1.54) is 13.0 Å². The lowest BCUT2D eigenvalue weighted by Crippen LogP contribution is -2.48. The van der Waals surface area contributed by atoms with Gasteiger partial charge >= 0.3 is 0 Å². The average Bonchev–Trinajstić information content (AvgIpc) is 2.59. The van der Waals surface area contributed by atoms with E-state index in [0.717, 1.165) is 11.1 Å². The standard InChI is InChI=1S/C19H20Cl2N2O4/c1-11-6-12(2)8-15(7-11)26-10-18(24)22-23-19(25)13(3)27-17-5-4-14(20)9-16(17)21/h4-9,13H,10H2,1-3H3,(H,22,24)(H,23,25). The van der Waals surface area contributed by atoms with E-state index in [9.17, 15) is 9.59 Å². The van der Waals surface area contributed by atoms with Crippen molar-refractivity contribution in [2.45, 2.75) is 26.9 Å². The first-order chi connectivity index (χ1) is 12.7. The van der Waals surface area contributed by atoms with Crippen molar-refractivity contribution in [2.75, 3.05) is 6.61 Å². The zero-order valence-corrected chi connectivity index (χ0v) is 16.6. The van der Waals surface area contributed by atoms with Crippen LogP contribution >= 0.6 is 23.2 Å². The van der Waals surface area contributed by atoms with E-state index in [1.807, 2.05) is 32.0 Å². The molecular weight excluding hydrogens is 391 g/mol. The van der Waals surface area contributed by atoms with Gasteiger partial charge in [0.15, 0.2) is 12.7 Å². The molecule has 0 fully saturated rings. The Hall–Kier alpha value is -2.44. The third-order valence-corrected chi connectivity index (χ3v) is 3.99. The van der Waals surface area contributed by atoms with Crippen molar-refractivity contribution in [3.05, 3.63) is 57.6 Å². The summed E-state index contributed by atoms with van der Waals surface area (Å²) in [7, 11) is 0. The Kier molecular flexibility index (Phi) is 7.33. The molecule has 2 aromatic rings. The number of hydrogen-bond acceptors (Lipinski definition) is 4. The van der Waals surface area contributed by atoms with Gasteiger partial charge in [0.05, 0.1) is 5.02 Å². The molecule has 0 saturated heterocycles. The van der Waals surface area contributed by atoms with Crippen molar-refractivity contribution < 1.29 is 19.1 Å². The molecular formula is C19H20Cl2N2O4.